The van der Waals surface area contributed by atoms with Gasteiger partial charge in [-0.2, -0.15) is 0 Å². The predicted octanol–water partition coefficient (Wildman–Crippen LogP) is 15.3. The van der Waals surface area contributed by atoms with Crippen LogP contribution in [0.4, 0.5) is 17.1 Å². The number of hydrogen-bond donors (Lipinski definition) is 0. The van der Waals surface area contributed by atoms with E-state index in [9.17, 15) is 5.48 Å². The van der Waals surface area contributed by atoms with Crippen LogP contribution in [0, 0.1) is 0 Å². The average Bonchev–Trinajstić information content (AvgIpc) is 3.71. The highest BCUT2D eigenvalue weighted by molar-refractivity contribution is 7.26. The first-order valence-corrected chi connectivity index (χ1v) is 18.5. The van der Waals surface area contributed by atoms with Gasteiger partial charge in [-0.05, 0) is 92.4 Å². The Kier molecular flexibility index (Phi) is 6.01. The van der Waals surface area contributed by atoms with E-state index in [4.69, 9.17) is 6.85 Å². The molecule has 0 aliphatic heterocycles. The SMILES string of the molecule is [2H]c1c([2H])c([2H])c(-c2c([2H])c([2H])c(-c3cc4c(sc5cccc(N(c6ccc(-c7ccccc7)cc6)c6ccc(-c7ccccc7)cc6)c54)c4ccccc34)c([2H])c2[2H])c([2H])c1[2H]. The number of benzene rings is 9. The molecule has 0 radical (unpaired) electrons. The van der Waals surface area contributed by atoms with Crippen molar-refractivity contribution in [3.63, 3.8) is 0 Å². The van der Waals surface area contributed by atoms with Crippen molar-refractivity contribution in [2.75, 3.05) is 4.90 Å². The number of hydrogen-bond acceptors (Lipinski definition) is 2. The van der Waals surface area contributed by atoms with Crippen LogP contribution in [0.2, 0.25) is 0 Å². The normalized spacial score (nSPS) is 13.7. The van der Waals surface area contributed by atoms with Gasteiger partial charge in [-0.25, -0.2) is 0 Å². The van der Waals surface area contributed by atoms with Crippen LogP contribution in [-0.2, 0) is 0 Å². The fourth-order valence-electron chi connectivity index (χ4n) is 7.26. The first-order valence-electron chi connectivity index (χ1n) is 22.2. The molecule has 1 heterocycles. The molecule has 9 aromatic carbocycles. The highest BCUT2D eigenvalue weighted by atomic mass is 32.1. The smallest absolute Gasteiger partial charge is 0.0629 e. The zero-order valence-electron chi connectivity index (χ0n) is 37.9. The lowest BCUT2D eigenvalue weighted by Crippen LogP contribution is -2.10. The summed E-state index contributed by atoms with van der Waals surface area (Å²) in [6.07, 6.45) is 0. The number of rotatable bonds is 7. The molecule has 54 heavy (non-hydrogen) atoms. The van der Waals surface area contributed by atoms with E-state index in [1.54, 1.807) is 11.3 Å². The van der Waals surface area contributed by atoms with Gasteiger partial charge in [-0.1, -0.05) is 170 Å². The molecule has 0 saturated carbocycles. The summed E-state index contributed by atoms with van der Waals surface area (Å²) >= 11 is 1.65. The number of thiophene rings is 1. The third kappa shape index (κ3) is 5.74. The molecule has 0 spiro atoms. The Morgan fingerprint density at radius 2 is 0.907 bits per heavy atom. The predicted molar refractivity (Wildman–Crippen MR) is 233 cm³/mol. The van der Waals surface area contributed by atoms with Gasteiger partial charge in [0.05, 0.1) is 18.0 Å². The van der Waals surface area contributed by atoms with Crippen LogP contribution < -0.4 is 4.90 Å². The van der Waals surface area contributed by atoms with Crippen molar-refractivity contribution in [3.05, 3.63) is 212 Å². The molecular formula is C52H35NS. The number of nitrogens with zero attached hydrogens (tertiary/aromatic N) is 1. The third-order valence-corrected chi connectivity index (χ3v) is 11.0. The molecule has 1 aromatic heterocycles. The lowest BCUT2D eigenvalue weighted by atomic mass is 9.94. The zero-order valence-corrected chi connectivity index (χ0v) is 29.7. The topological polar surface area (TPSA) is 3.24 Å². The van der Waals surface area contributed by atoms with E-state index in [-0.39, 0.29) is 28.8 Å². The van der Waals surface area contributed by atoms with Gasteiger partial charge in [-0.15, -0.1) is 11.3 Å². The minimum Gasteiger partial charge on any atom is -0.310 e. The minimum atomic E-state index is -0.614. The first-order chi connectivity index (χ1) is 30.5. The van der Waals surface area contributed by atoms with Crippen LogP contribution in [0.1, 0.15) is 12.3 Å². The molecule has 0 fully saturated rings. The molecule has 10 rings (SSSR count). The largest absolute Gasteiger partial charge is 0.310 e. The van der Waals surface area contributed by atoms with Crippen LogP contribution in [0.15, 0.2) is 212 Å². The van der Waals surface area contributed by atoms with Crippen molar-refractivity contribution >= 4 is 59.3 Å². The maximum atomic E-state index is 9.40. The summed E-state index contributed by atoms with van der Waals surface area (Å²) in [6.45, 7) is 0. The van der Waals surface area contributed by atoms with Gasteiger partial charge in [0.25, 0.3) is 0 Å². The summed E-state index contributed by atoms with van der Waals surface area (Å²) in [5.74, 6) is 0. The second-order valence-electron chi connectivity index (χ2n) is 13.0. The Labute approximate surface area is 332 Å². The second-order valence-corrected chi connectivity index (χ2v) is 14.1. The highest BCUT2D eigenvalue weighted by Gasteiger charge is 2.21. The maximum Gasteiger partial charge on any atom is 0.0629 e. The summed E-state index contributed by atoms with van der Waals surface area (Å²) in [6, 6.07) is 48.8. The standard InChI is InChI=1S/C52H35NS/c1-4-13-36(14-5-1)39-23-25-42(26-24-39)47-35-48-51-49(21-12-22-50(51)54-52(48)46-20-11-10-19-45(46)47)53(43-31-27-40(28-32-43)37-15-6-2-7-16-37)44-33-29-41(30-34-44)38-17-8-3-9-18-38/h1-35H/i1D,4D,5D,13D,14D,23D,24D,25D,26D. The highest BCUT2D eigenvalue weighted by Crippen LogP contribution is 2.48. The molecule has 0 unspecified atom stereocenters. The van der Waals surface area contributed by atoms with Crippen molar-refractivity contribution < 1.29 is 12.3 Å². The molecule has 10 aromatic rings. The van der Waals surface area contributed by atoms with Gasteiger partial charge in [0, 0.05) is 36.9 Å². The quantitative estimate of drug-likeness (QED) is 0.159. The summed E-state index contributed by atoms with van der Waals surface area (Å²) in [5.41, 5.74) is 7.04. The summed E-state index contributed by atoms with van der Waals surface area (Å²) < 4.78 is 81.0. The van der Waals surface area contributed by atoms with Crippen LogP contribution in [-0.4, -0.2) is 0 Å². The Morgan fingerprint density at radius 3 is 1.52 bits per heavy atom. The molecule has 0 atom stereocenters. The van der Waals surface area contributed by atoms with Crippen LogP contribution >= 0.6 is 11.3 Å². The van der Waals surface area contributed by atoms with Crippen LogP contribution in [0.5, 0.6) is 0 Å². The van der Waals surface area contributed by atoms with Crippen molar-refractivity contribution in [1.29, 1.82) is 0 Å². The zero-order chi connectivity index (χ0) is 43.7. The van der Waals surface area contributed by atoms with Crippen molar-refractivity contribution in [3.8, 4) is 44.5 Å². The van der Waals surface area contributed by atoms with Gasteiger partial charge in [0.15, 0.2) is 0 Å². The molecule has 0 amide bonds. The van der Waals surface area contributed by atoms with Crippen molar-refractivity contribution in [2.45, 2.75) is 0 Å². The first kappa shape index (κ1) is 23.7. The van der Waals surface area contributed by atoms with Gasteiger partial charge >= 0.3 is 0 Å². The van der Waals surface area contributed by atoms with E-state index in [2.05, 4.69) is 95.9 Å². The Bertz CT molecular complexity index is 3280. The van der Waals surface area contributed by atoms with E-state index in [1.165, 1.54) is 0 Å². The van der Waals surface area contributed by atoms with Crippen molar-refractivity contribution in [1.82, 2.24) is 0 Å². The maximum absolute atomic E-state index is 9.40. The molecule has 254 valence electrons. The average molecular weight is 715 g/mol. The lowest BCUT2D eigenvalue weighted by molar-refractivity contribution is 1.30. The monoisotopic (exact) mass is 714 g/mol. The molecule has 0 N–H and O–H groups in total. The fourth-order valence-corrected chi connectivity index (χ4v) is 8.51. The van der Waals surface area contributed by atoms with E-state index >= 15 is 0 Å². The number of fused-ring (bicyclic) bond motifs is 5. The van der Waals surface area contributed by atoms with Crippen LogP contribution in [0.3, 0.4) is 0 Å². The molecule has 0 bridgehead atoms. The van der Waals surface area contributed by atoms with E-state index in [0.717, 1.165) is 70.3 Å². The Morgan fingerprint density at radius 1 is 0.389 bits per heavy atom. The molecule has 1 nitrogen and oxygen atoms in total. The second kappa shape index (κ2) is 13.7. The summed E-state index contributed by atoms with van der Waals surface area (Å²) in [7, 11) is 0. The summed E-state index contributed by atoms with van der Waals surface area (Å²) in [5, 5.41) is 3.45. The number of anilines is 3. The van der Waals surface area contributed by atoms with Gasteiger partial charge in [0.2, 0.25) is 0 Å². The van der Waals surface area contributed by atoms with Gasteiger partial charge in [-0.3, -0.25) is 0 Å². The fraction of sp³-hybridized carbons (Fsp3) is 0. The third-order valence-electron chi connectivity index (χ3n) is 9.83. The van der Waals surface area contributed by atoms with E-state index in [0.29, 0.717) is 5.56 Å². The Hall–Kier alpha value is -6.74. The van der Waals surface area contributed by atoms with E-state index < -0.39 is 42.3 Å². The van der Waals surface area contributed by atoms with Gasteiger partial charge < -0.3 is 4.90 Å². The van der Waals surface area contributed by atoms with Crippen LogP contribution in [0.25, 0.3) is 75.5 Å². The van der Waals surface area contributed by atoms with Crippen molar-refractivity contribution in [2.24, 2.45) is 0 Å². The molecule has 2 heteroatoms. The molecule has 0 saturated heterocycles. The summed E-state index contributed by atoms with van der Waals surface area (Å²) in [4.78, 5) is 2.25. The molecule has 0 aliphatic carbocycles. The minimum absolute atomic E-state index is 0.0564. The molecular weight excluding hydrogens is 671 g/mol. The van der Waals surface area contributed by atoms with Gasteiger partial charge in [0.1, 0.15) is 0 Å². The Balaban J connectivity index is 1.22. The molecule has 0 aliphatic rings. The van der Waals surface area contributed by atoms with E-state index in [1.807, 2.05) is 66.7 Å². The lowest BCUT2D eigenvalue weighted by Gasteiger charge is -2.27.